The molecule has 0 aliphatic carbocycles. The molecule has 1 aromatic heterocycles. The number of Topliss-reactive ketones (excluding diaryl/α,β-unsaturated/α-hetero) is 1. The summed E-state index contributed by atoms with van der Waals surface area (Å²) >= 11 is 5.90. The Morgan fingerprint density at radius 3 is 2.33 bits per heavy atom. The Kier molecular flexibility index (Phi) is 5.27. The largest absolute Gasteiger partial charge is 0.383 e. The van der Waals surface area contributed by atoms with E-state index in [9.17, 15) is 13.6 Å². The molecule has 3 rings (SSSR count). The Hall–Kier alpha value is -3.13. The van der Waals surface area contributed by atoms with E-state index in [4.69, 9.17) is 11.6 Å². The molecule has 0 amide bonds. The van der Waals surface area contributed by atoms with E-state index in [1.54, 1.807) is 43.3 Å². The number of carbonyl (C=O) groups excluding carboxylic acids is 1. The highest BCUT2D eigenvalue weighted by Crippen LogP contribution is 2.22. The van der Waals surface area contributed by atoms with Gasteiger partial charge in [0.2, 0.25) is 0 Å². The number of rotatable bonds is 5. The molecular formula is C18H14ClF2N5O. The number of aromatic nitrogens is 4. The zero-order valence-electron chi connectivity index (χ0n) is 14.4. The molecule has 9 heteroatoms. The van der Waals surface area contributed by atoms with Crippen LogP contribution in [0, 0.1) is 11.6 Å². The standard InChI is InChI=1S/C18H14ClF2N5O/c1-25(2)10-16(17(27)11-7-13(20)9-14(21)8-11)18-22-23-24-26(18)15-5-3-12(19)4-6-15/h3-10H,1-2H3/b16-10+. The van der Waals surface area contributed by atoms with Crippen LogP contribution >= 0.6 is 11.6 Å². The fourth-order valence-electron chi connectivity index (χ4n) is 2.43. The molecule has 6 nitrogen and oxygen atoms in total. The second kappa shape index (κ2) is 7.63. The van der Waals surface area contributed by atoms with Crippen molar-refractivity contribution in [2.24, 2.45) is 0 Å². The van der Waals surface area contributed by atoms with Crippen LogP contribution in [-0.4, -0.2) is 45.0 Å². The van der Waals surface area contributed by atoms with Gasteiger partial charge in [0.15, 0.2) is 11.6 Å². The monoisotopic (exact) mass is 389 g/mol. The topological polar surface area (TPSA) is 63.9 Å². The lowest BCUT2D eigenvalue weighted by molar-refractivity contribution is 0.105. The summed E-state index contributed by atoms with van der Waals surface area (Å²) in [6.07, 6.45) is 1.49. The number of halogens is 3. The summed E-state index contributed by atoms with van der Waals surface area (Å²) in [4.78, 5) is 14.6. The van der Waals surface area contributed by atoms with Crippen LogP contribution in [0.1, 0.15) is 16.2 Å². The summed E-state index contributed by atoms with van der Waals surface area (Å²) < 4.78 is 28.5. The molecule has 0 aliphatic rings. The van der Waals surface area contributed by atoms with E-state index in [1.807, 2.05) is 0 Å². The van der Waals surface area contributed by atoms with Crippen molar-refractivity contribution in [3.63, 3.8) is 0 Å². The van der Waals surface area contributed by atoms with Gasteiger partial charge in [0.25, 0.3) is 0 Å². The molecular weight excluding hydrogens is 376 g/mol. The van der Waals surface area contributed by atoms with Crippen molar-refractivity contribution in [3.05, 3.63) is 76.7 Å². The molecule has 2 aromatic carbocycles. The van der Waals surface area contributed by atoms with Crippen LogP contribution in [0.5, 0.6) is 0 Å². The fraction of sp³-hybridized carbons (Fsp3) is 0.111. The Bertz CT molecular complexity index is 995. The van der Waals surface area contributed by atoms with Crippen LogP contribution in [0.2, 0.25) is 5.02 Å². The minimum absolute atomic E-state index is 0.0740. The average Bonchev–Trinajstić information content (AvgIpc) is 3.08. The van der Waals surface area contributed by atoms with Gasteiger partial charge in [-0.2, -0.15) is 4.68 Å². The molecule has 0 saturated heterocycles. The maximum absolute atomic E-state index is 13.6. The highest BCUT2D eigenvalue weighted by Gasteiger charge is 2.23. The second-order valence-electron chi connectivity index (χ2n) is 5.88. The molecule has 0 atom stereocenters. The van der Waals surface area contributed by atoms with Crippen LogP contribution in [0.4, 0.5) is 8.78 Å². The lowest BCUT2D eigenvalue weighted by Gasteiger charge is -2.12. The maximum atomic E-state index is 13.6. The molecule has 0 spiro atoms. The van der Waals surface area contributed by atoms with Gasteiger partial charge in [-0.15, -0.1) is 5.10 Å². The van der Waals surface area contributed by atoms with Crippen LogP contribution in [0.3, 0.4) is 0 Å². The first-order valence-corrected chi connectivity index (χ1v) is 8.16. The first-order chi connectivity index (χ1) is 12.8. The number of hydrogen-bond acceptors (Lipinski definition) is 5. The van der Waals surface area contributed by atoms with Gasteiger partial charge in [0, 0.05) is 36.9 Å². The molecule has 0 radical (unpaired) electrons. The highest BCUT2D eigenvalue weighted by molar-refractivity contribution is 6.30. The Balaban J connectivity index is 2.11. The molecule has 0 aliphatic heterocycles. The molecule has 0 saturated carbocycles. The summed E-state index contributed by atoms with van der Waals surface area (Å²) in [5.41, 5.74) is 0.499. The first-order valence-electron chi connectivity index (χ1n) is 7.79. The average molecular weight is 390 g/mol. The summed E-state index contributed by atoms with van der Waals surface area (Å²) in [6, 6.07) is 9.30. The third kappa shape index (κ3) is 4.17. The van der Waals surface area contributed by atoms with Crippen LogP contribution in [-0.2, 0) is 0 Å². The highest BCUT2D eigenvalue weighted by atomic mass is 35.5. The minimum Gasteiger partial charge on any atom is -0.383 e. The number of ketones is 1. The third-order valence-corrected chi connectivity index (χ3v) is 3.79. The second-order valence-corrected chi connectivity index (χ2v) is 6.32. The van der Waals surface area contributed by atoms with Gasteiger partial charge in [-0.25, -0.2) is 8.78 Å². The van der Waals surface area contributed by atoms with Crippen molar-refractivity contribution < 1.29 is 13.6 Å². The van der Waals surface area contributed by atoms with E-state index >= 15 is 0 Å². The molecule has 0 N–H and O–H groups in total. The molecule has 0 fully saturated rings. The number of hydrogen-bond donors (Lipinski definition) is 0. The van der Waals surface area contributed by atoms with Crippen LogP contribution in [0.15, 0.2) is 48.7 Å². The minimum atomic E-state index is -0.847. The van der Waals surface area contributed by atoms with Crippen molar-refractivity contribution in [2.45, 2.75) is 0 Å². The van der Waals surface area contributed by atoms with Gasteiger partial charge in [0.1, 0.15) is 11.6 Å². The summed E-state index contributed by atoms with van der Waals surface area (Å²) in [6.45, 7) is 0. The first kappa shape index (κ1) is 18.7. The molecule has 0 bridgehead atoms. The van der Waals surface area contributed by atoms with Gasteiger partial charge in [-0.1, -0.05) is 11.6 Å². The Morgan fingerprint density at radius 2 is 1.74 bits per heavy atom. The van der Waals surface area contributed by atoms with Crippen molar-refractivity contribution in [3.8, 4) is 5.69 Å². The van der Waals surface area contributed by atoms with Crippen molar-refractivity contribution in [1.29, 1.82) is 0 Å². The van der Waals surface area contributed by atoms with Gasteiger partial charge in [0.05, 0.1) is 11.3 Å². The van der Waals surface area contributed by atoms with Gasteiger partial charge >= 0.3 is 0 Å². The smallest absolute Gasteiger partial charge is 0.198 e. The van der Waals surface area contributed by atoms with Gasteiger partial charge in [-0.3, -0.25) is 4.79 Å². The zero-order valence-corrected chi connectivity index (χ0v) is 15.2. The van der Waals surface area contributed by atoms with E-state index in [-0.39, 0.29) is 17.0 Å². The van der Waals surface area contributed by atoms with Crippen molar-refractivity contribution in [2.75, 3.05) is 14.1 Å². The number of carbonyl (C=O) groups is 1. The number of benzene rings is 2. The van der Waals surface area contributed by atoms with E-state index in [2.05, 4.69) is 15.5 Å². The van der Waals surface area contributed by atoms with Crippen LogP contribution in [0.25, 0.3) is 11.3 Å². The quantitative estimate of drug-likeness (QED) is 0.494. The lowest BCUT2D eigenvalue weighted by atomic mass is 10.0. The lowest BCUT2D eigenvalue weighted by Crippen LogP contribution is -2.14. The SMILES string of the molecule is CN(C)/C=C(\C(=O)c1cc(F)cc(F)c1)c1nnnn1-c1ccc(Cl)cc1. The van der Waals surface area contributed by atoms with E-state index < -0.39 is 17.4 Å². The summed E-state index contributed by atoms with van der Waals surface area (Å²) in [7, 11) is 3.41. The predicted molar refractivity (Wildman–Crippen MR) is 96.5 cm³/mol. The molecule has 27 heavy (non-hydrogen) atoms. The molecule has 3 aromatic rings. The predicted octanol–water partition coefficient (Wildman–Crippen LogP) is 3.38. The Morgan fingerprint density at radius 1 is 1.11 bits per heavy atom. The van der Waals surface area contributed by atoms with Gasteiger partial charge < -0.3 is 4.90 Å². The molecule has 1 heterocycles. The number of nitrogens with zero attached hydrogens (tertiary/aromatic N) is 5. The number of allylic oxidation sites excluding steroid dienone is 1. The number of tetrazole rings is 1. The third-order valence-electron chi connectivity index (χ3n) is 3.54. The fourth-order valence-corrected chi connectivity index (χ4v) is 2.55. The van der Waals surface area contributed by atoms with E-state index in [0.717, 1.165) is 12.1 Å². The van der Waals surface area contributed by atoms with Crippen LogP contribution < -0.4 is 0 Å². The molecule has 138 valence electrons. The normalized spacial score (nSPS) is 11.5. The maximum Gasteiger partial charge on any atom is 0.198 e. The summed E-state index contributed by atoms with van der Waals surface area (Å²) in [5, 5.41) is 12.0. The van der Waals surface area contributed by atoms with Crippen molar-refractivity contribution >= 4 is 23.0 Å². The molecule has 0 unspecified atom stereocenters. The van der Waals surface area contributed by atoms with E-state index in [1.165, 1.54) is 10.9 Å². The van der Waals surface area contributed by atoms with E-state index in [0.29, 0.717) is 16.8 Å². The zero-order chi connectivity index (χ0) is 19.6. The van der Waals surface area contributed by atoms with Gasteiger partial charge in [-0.05, 0) is 46.8 Å². The Labute approximate surface area is 158 Å². The summed E-state index contributed by atoms with van der Waals surface area (Å²) in [5.74, 6) is -2.19. The van der Waals surface area contributed by atoms with Crippen molar-refractivity contribution in [1.82, 2.24) is 25.1 Å².